The van der Waals surface area contributed by atoms with Crippen LogP contribution in [0.4, 0.5) is 0 Å². The van der Waals surface area contributed by atoms with Crippen molar-refractivity contribution in [1.82, 2.24) is 0 Å². The molecule has 0 fully saturated rings. The average Bonchev–Trinajstić information content (AvgIpc) is 3.42. The van der Waals surface area contributed by atoms with Gasteiger partial charge in [-0.05, 0) is 57.8 Å². The second kappa shape index (κ2) is 65.2. The quantitative estimate of drug-likeness (QED) is 0.0261. The first kappa shape index (κ1) is 73.6. The topological polar surface area (TPSA) is 78.9 Å². The first-order valence-electron chi connectivity index (χ1n) is 34.0. The van der Waals surface area contributed by atoms with Gasteiger partial charge in [-0.15, -0.1) is 0 Å². The molecule has 0 aromatic carbocycles. The fourth-order valence-corrected chi connectivity index (χ4v) is 10.3. The molecule has 0 heterocycles. The minimum absolute atomic E-state index is 0.0671. The molecule has 0 aromatic heterocycles. The van der Waals surface area contributed by atoms with Crippen LogP contribution in [-0.4, -0.2) is 37.2 Å². The van der Waals surface area contributed by atoms with Crippen molar-refractivity contribution in [3.8, 4) is 0 Å². The number of carbonyl (C=O) groups excluding carboxylic acids is 3. The second-order valence-electron chi connectivity index (χ2n) is 23.1. The summed E-state index contributed by atoms with van der Waals surface area (Å²) in [6, 6.07) is 0. The Bertz CT molecular complexity index is 1270. The molecule has 0 N–H and O–H groups in total. The molecule has 1 unspecified atom stereocenters. The largest absolute Gasteiger partial charge is 0.462 e. The van der Waals surface area contributed by atoms with Gasteiger partial charge in [0.05, 0.1) is 0 Å². The van der Waals surface area contributed by atoms with Gasteiger partial charge in [0, 0.05) is 19.3 Å². The Balaban J connectivity index is 4.27. The van der Waals surface area contributed by atoms with E-state index in [9.17, 15) is 14.4 Å². The van der Waals surface area contributed by atoms with Gasteiger partial charge in [0.25, 0.3) is 0 Å². The van der Waals surface area contributed by atoms with Crippen LogP contribution in [-0.2, 0) is 28.6 Å². The molecule has 0 rings (SSSR count). The van der Waals surface area contributed by atoms with E-state index in [4.69, 9.17) is 14.2 Å². The van der Waals surface area contributed by atoms with E-state index < -0.39 is 6.10 Å². The molecule has 0 aliphatic carbocycles. The standard InChI is InChI=1S/C70H130O6/c1-4-7-10-13-16-19-22-25-28-30-32-33-34-35-36-37-39-40-42-45-48-51-54-57-60-63-69(72)75-66-67(65-74-68(71)62-59-56-53-50-47-44-27-24-21-18-15-12-9-6-3)76-70(73)64-61-58-55-52-49-46-43-41-38-31-29-26-23-20-17-14-11-8-5-2/h22,25,30,32,34-35,67H,4-21,23-24,26-29,31,33,36-66H2,1-3H3/b25-22-,32-30-,35-34-. The molecule has 0 aromatic rings. The van der Waals surface area contributed by atoms with Crippen LogP contribution >= 0.6 is 0 Å². The summed E-state index contributed by atoms with van der Waals surface area (Å²) in [7, 11) is 0. The summed E-state index contributed by atoms with van der Waals surface area (Å²) in [5, 5.41) is 0. The summed E-state index contributed by atoms with van der Waals surface area (Å²) >= 11 is 0. The van der Waals surface area contributed by atoms with Gasteiger partial charge in [0.1, 0.15) is 13.2 Å². The number of unbranched alkanes of at least 4 members (excludes halogenated alkanes) is 46. The third-order valence-corrected chi connectivity index (χ3v) is 15.4. The van der Waals surface area contributed by atoms with E-state index in [1.54, 1.807) is 0 Å². The van der Waals surface area contributed by atoms with Crippen molar-refractivity contribution in [3.05, 3.63) is 36.5 Å². The maximum atomic E-state index is 12.9. The maximum absolute atomic E-state index is 12.9. The van der Waals surface area contributed by atoms with Crippen LogP contribution in [0.25, 0.3) is 0 Å². The van der Waals surface area contributed by atoms with Crippen molar-refractivity contribution in [2.45, 2.75) is 380 Å². The highest BCUT2D eigenvalue weighted by Gasteiger charge is 2.19. The molecule has 0 bridgehead atoms. The maximum Gasteiger partial charge on any atom is 0.306 e. The van der Waals surface area contributed by atoms with Gasteiger partial charge in [0.2, 0.25) is 0 Å². The van der Waals surface area contributed by atoms with E-state index in [1.165, 1.54) is 263 Å². The molecule has 6 nitrogen and oxygen atoms in total. The van der Waals surface area contributed by atoms with E-state index in [1.807, 2.05) is 0 Å². The van der Waals surface area contributed by atoms with Gasteiger partial charge >= 0.3 is 17.9 Å². The highest BCUT2D eigenvalue weighted by Crippen LogP contribution is 2.18. The van der Waals surface area contributed by atoms with Crippen molar-refractivity contribution in [2.24, 2.45) is 0 Å². The lowest BCUT2D eigenvalue weighted by atomic mass is 10.0. The SMILES string of the molecule is CCCCCCC/C=C\C/C=C\C/C=C\CCCCCCCCCCCCC(=O)OCC(COC(=O)CCCCCCCCCCCCCCCC)OC(=O)CCCCCCCCCCCCCCCCCCCCC. The highest BCUT2D eigenvalue weighted by molar-refractivity contribution is 5.71. The smallest absolute Gasteiger partial charge is 0.306 e. The normalized spacial score (nSPS) is 12.2. The molecule has 76 heavy (non-hydrogen) atoms. The van der Waals surface area contributed by atoms with Crippen molar-refractivity contribution < 1.29 is 28.6 Å². The molecular weight excluding hydrogens is 937 g/mol. The third-order valence-electron chi connectivity index (χ3n) is 15.4. The zero-order valence-corrected chi connectivity index (χ0v) is 51.3. The lowest BCUT2D eigenvalue weighted by molar-refractivity contribution is -0.167. The van der Waals surface area contributed by atoms with Gasteiger partial charge in [0.15, 0.2) is 6.10 Å². The fraction of sp³-hybridized carbons (Fsp3) is 0.871. The Morgan fingerprint density at radius 2 is 0.474 bits per heavy atom. The molecule has 0 aliphatic rings. The van der Waals surface area contributed by atoms with E-state index >= 15 is 0 Å². The number of ether oxygens (including phenoxy) is 3. The predicted molar refractivity (Wildman–Crippen MR) is 330 cm³/mol. The summed E-state index contributed by atoms with van der Waals surface area (Å²) in [6.45, 7) is 6.70. The molecule has 1 atom stereocenters. The number of allylic oxidation sites excluding steroid dienone is 6. The second-order valence-corrected chi connectivity index (χ2v) is 23.1. The Morgan fingerprint density at radius 3 is 0.737 bits per heavy atom. The van der Waals surface area contributed by atoms with E-state index in [0.29, 0.717) is 19.3 Å². The Hall–Kier alpha value is -2.37. The van der Waals surface area contributed by atoms with E-state index in [2.05, 4.69) is 57.2 Å². The molecule has 0 aliphatic heterocycles. The van der Waals surface area contributed by atoms with Crippen molar-refractivity contribution in [2.75, 3.05) is 13.2 Å². The molecule has 0 amide bonds. The minimum atomic E-state index is -0.770. The number of hydrogen-bond donors (Lipinski definition) is 0. The van der Waals surface area contributed by atoms with Crippen molar-refractivity contribution >= 4 is 17.9 Å². The zero-order valence-electron chi connectivity index (χ0n) is 51.3. The lowest BCUT2D eigenvalue weighted by Gasteiger charge is -2.18. The highest BCUT2D eigenvalue weighted by atomic mass is 16.6. The molecule has 0 saturated heterocycles. The predicted octanol–water partition coefficient (Wildman–Crippen LogP) is 23.2. The van der Waals surface area contributed by atoms with Crippen LogP contribution in [0.15, 0.2) is 36.5 Å². The van der Waals surface area contributed by atoms with Crippen LogP contribution < -0.4 is 0 Å². The number of esters is 3. The number of carbonyl (C=O) groups is 3. The van der Waals surface area contributed by atoms with E-state index in [-0.39, 0.29) is 31.1 Å². The average molecular weight is 1070 g/mol. The van der Waals surface area contributed by atoms with Crippen LogP contribution in [0.1, 0.15) is 374 Å². The molecule has 446 valence electrons. The van der Waals surface area contributed by atoms with Crippen LogP contribution in [0.5, 0.6) is 0 Å². The minimum Gasteiger partial charge on any atom is -0.462 e. The van der Waals surface area contributed by atoms with Gasteiger partial charge < -0.3 is 14.2 Å². The Kier molecular flexibility index (Phi) is 63.1. The molecule has 0 radical (unpaired) electrons. The van der Waals surface area contributed by atoms with Crippen LogP contribution in [0.3, 0.4) is 0 Å². The molecule has 0 spiro atoms. The monoisotopic (exact) mass is 1070 g/mol. The van der Waals surface area contributed by atoms with Gasteiger partial charge in [-0.25, -0.2) is 0 Å². The first-order valence-corrected chi connectivity index (χ1v) is 34.0. The van der Waals surface area contributed by atoms with Crippen molar-refractivity contribution in [3.63, 3.8) is 0 Å². The summed E-state index contributed by atoms with van der Waals surface area (Å²) in [4.78, 5) is 38.4. The van der Waals surface area contributed by atoms with Crippen LogP contribution in [0, 0.1) is 0 Å². The Labute approximate surface area is 474 Å². The summed E-state index contributed by atoms with van der Waals surface area (Å²) in [5.74, 6) is -0.842. The first-order chi connectivity index (χ1) is 37.5. The summed E-state index contributed by atoms with van der Waals surface area (Å²) in [5.41, 5.74) is 0. The summed E-state index contributed by atoms with van der Waals surface area (Å²) in [6.07, 6.45) is 80.1. The lowest BCUT2D eigenvalue weighted by Crippen LogP contribution is -2.30. The van der Waals surface area contributed by atoms with Crippen LogP contribution in [0.2, 0.25) is 0 Å². The Morgan fingerprint density at radius 1 is 0.263 bits per heavy atom. The number of rotatable bonds is 63. The van der Waals surface area contributed by atoms with Gasteiger partial charge in [-0.1, -0.05) is 333 Å². The zero-order chi connectivity index (χ0) is 55.0. The van der Waals surface area contributed by atoms with E-state index in [0.717, 1.165) is 70.6 Å². The molecular formula is C70H130O6. The summed E-state index contributed by atoms with van der Waals surface area (Å²) < 4.78 is 17.0. The van der Waals surface area contributed by atoms with Gasteiger partial charge in [-0.3, -0.25) is 14.4 Å². The van der Waals surface area contributed by atoms with Crippen molar-refractivity contribution in [1.29, 1.82) is 0 Å². The van der Waals surface area contributed by atoms with Gasteiger partial charge in [-0.2, -0.15) is 0 Å². The number of hydrogen-bond acceptors (Lipinski definition) is 6. The third kappa shape index (κ3) is 62.5. The fourth-order valence-electron chi connectivity index (χ4n) is 10.3. The molecule has 0 saturated carbocycles. The molecule has 6 heteroatoms.